The third-order valence-corrected chi connectivity index (χ3v) is 4.75. The number of halogens is 4. The van der Waals surface area contributed by atoms with Gasteiger partial charge in [-0.2, -0.15) is 13.2 Å². The van der Waals surface area contributed by atoms with Crippen molar-refractivity contribution in [2.24, 2.45) is 0 Å². The minimum atomic E-state index is -4.69. The molecule has 28 heavy (non-hydrogen) atoms. The topological polar surface area (TPSA) is 38.7 Å². The van der Waals surface area contributed by atoms with Crippen molar-refractivity contribution in [3.8, 4) is 11.5 Å². The van der Waals surface area contributed by atoms with Gasteiger partial charge in [0, 0.05) is 11.3 Å². The van der Waals surface area contributed by atoms with Crippen LogP contribution in [0, 0.1) is 0 Å². The van der Waals surface area contributed by atoms with Crippen molar-refractivity contribution in [1.82, 2.24) is 0 Å². The third kappa shape index (κ3) is 6.04. The smallest absolute Gasteiger partial charge is 0.417 e. The van der Waals surface area contributed by atoms with E-state index < -0.39 is 18.9 Å². The molecule has 2 aromatic rings. The summed E-state index contributed by atoms with van der Waals surface area (Å²) in [6.45, 7) is 3.84. The predicted octanol–water partition coefficient (Wildman–Crippen LogP) is 5.32. The van der Waals surface area contributed by atoms with Crippen LogP contribution >= 0.6 is 11.6 Å². The summed E-state index contributed by atoms with van der Waals surface area (Å²) in [5.41, 5.74) is 1.73. The van der Waals surface area contributed by atoms with Gasteiger partial charge in [-0.25, -0.2) is 0 Å². The molecule has 1 atom stereocenters. The summed E-state index contributed by atoms with van der Waals surface area (Å²) in [6.07, 6.45) is -6.42. The van der Waals surface area contributed by atoms with Crippen LogP contribution in [0.15, 0.2) is 48.5 Å². The Labute approximate surface area is 168 Å². The van der Waals surface area contributed by atoms with Crippen molar-refractivity contribution in [3.63, 3.8) is 0 Å². The summed E-state index contributed by atoms with van der Waals surface area (Å²) in [6, 6.07) is 14.6. The zero-order valence-corrected chi connectivity index (χ0v) is 16.6. The Morgan fingerprint density at radius 2 is 1.36 bits per heavy atom. The van der Waals surface area contributed by atoms with E-state index in [1.807, 2.05) is 24.3 Å². The molecule has 0 aliphatic carbocycles. The second-order valence-electron chi connectivity index (χ2n) is 6.93. The standard InChI is InChI=1S/C21H24ClF3O3/c1-20(2,15-4-8-17(9-5-15)27-13-3-12-22)16-6-10-18(11-7-16)28-14-19(26)21(23,24)25/h4-11,19,26H,3,12-14H2,1-2H3/t19-/m0/s1. The Hall–Kier alpha value is -1.92. The van der Waals surface area contributed by atoms with Crippen molar-refractivity contribution in [2.45, 2.75) is 38.0 Å². The number of alkyl halides is 4. The van der Waals surface area contributed by atoms with E-state index in [1.165, 1.54) is 0 Å². The van der Waals surface area contributed by atoms with Crippen molar-refractivity contribution in [3.05, 3.63) is 59.7 Å². The third-order valence-electron chi connectivity index (χ3n) is 4.48. The van der Waals surface area contributed by atoms with Gasteiger partial charge >= 0.3 is 6.18 Å². The lowest BCUT2D eigenvalue weighted by Gasteiger charge is -2.26. The molecule has 0 unspecified atom stereocenters. The normalized spacial score (nSPS) is 13.2. The fraction of sp³-hybridized carbons (Fsp3) is 0.429. The lowest BCUT2D eigenvalue weighted by molar-refractivity contribution is -0.210. The fourth-order valence-electron chi connectivity index (χ4n) is 2.62. The molecule has 0 radical (unpaired) electrons. The highest BCUT2D eigenvalue weighted by atomic mass is 35.5. The van der Waals surface area contributed by atoms with Gasteiger partial charge in [0.1, 0.15) is 18.1 Å². The highest BCUT2D eigenvalue weighted by Crippen LogP contribution is 2.33. The molecule has 0 fully saturated rings. The fourth-order valence-corrected chi connectivity index (χ4v) is 2.73. The molecular weight excluding hydrogens is 393 g/mol. The zero-order valence-electron chi connectivity index (χ0n) is 15.8. The monoisotopic (exact) mass is 416 g/mol. The molecule has 1 N–H and O–H groups in total. The number of aliphatic hydroxyl groups is 1. The molecule has 0 bridgehead atoms. The largest absolute Gasteiger partial charge is 0.494 e. The number of hydrogen-bond acceptors (Lipinski definition) is 3. The zero-order chi connectivity index (χ0) is 20.8. The van der Waals surface area contributed by atoms with Gasteiger partial charge in [0.15, 0.2) is 6.10 Å². The van der Waals surface area contributed by atoms with Gasteiger partial charge in [0.2, 0.25) is 0 Å². The first kappa shape index (κ1) is 22.4. The van der Waals surface area contributed by atoms with Crippen LogP contribution in [0.2, 0.25) is 0 Å². The molecule has 0 saturated heterocycles. The average molecular weight is 417 g/mol. The van der Waals surface area contributed by atoms with Crippen LogP contribution in [0.25, 0.3) is 0 Å². The quantitative estimate of drug-likeness (QED) is 0.444. The minimum Gasteiger partial charge on any atom is -0.494 e. The minimum absolute atomic E-state index is 0.269. The molecule has 0 aromatic heterocycles. The molecule has 0 amide bonds. The summed E-state index contributed by atoms with van der Waals surface area (Å²) in [7, 11) is 0. The SMILES string of the molecule is CC(C)(c1ccc(OCCCCl)cc1)c1ccc(OC[C@H](O)C(F)(F)F)cc1. The molecule has 0 saturated carbocycles. The van der Waals surface area contributed by atoms with E-state index in [4.69, 9.17) is 26.2 Å². The highest BCUT2D eigenvalue weighted by molar-refractivity contribution is 6.17. The van der Waals surface area contributed by atoms with Crippen molar-refractivity contribution < 1.29 is 27.8 Å². The van der Waals surface area contributed by atoms with E-state index in [2.05, 4.69) is 13.8 Å². The molecule has 0 heterocycles. The second kappa shape index (κ2) is 9.52. The van der Waals surface area contributed by atoms with Crippen molar-refractivity contribution in [2.75, 3.05) is 19.1 Å². The van der Waals surface area contributed by atoms with Crippen LogP contribution in [0.1, 0.15) is 31.4 Å². The number of hydrogen-bond donors (Lipinski definition) is 1. The molecule has 0 aliphatic heterocycles. The van der Waals surface area contributed by atoms with Crippen LogP contribution in [-0.2, 0) is 5.41 Å². The number of benzene rings is 2. The van der Waals surface area contributed by atoms with Crippen molar-refractivity contribution in [1.29, 1.82) is 0 Å². The lowest BCUT2D eigenvalue weighted by Crippen LogP contribution is -2.34. The Morgan fingerprint density at radius 3 is 1.79 bits per heavy atom. The Bertz CT molecular complexity index is 728. The molecule has 154 valence electrons. The van der Waals surface area contributed by atoms with Gasteiger partial charge in [-0.05, 0) is 41.8 Å². The maximum atomic E-state index is 12.3. The van der Waals surface area contributed by atoms with Gasteiger partial charge in [-0.1, -0.05) is 38.1 Å². The molecule has 0 spiro atoms. The maximum absolute atomic E-state index is 12.3. The summed E-state index contributed by atoms with van der Waals surface area (Å²) >= 11 is 5.64. The van der Waals surface area contributed by atoms with Crippen LogP contribution in [0.5, 0.6) is 11.5 Å². The van der Waals surface area contributed by atoms with Gasteiger partial charge in [0.25, 0.3) is 0 Å². The van der Waals surface area contributed by atoms with Gasteiger partial charge in [0.05, 0.1) is 6.61 Å². The molecule has 0 aliphatic rings. The van der Waals surface area contributed by atoms with Crippen LogP contribution in [-0.4, -0.2) is 36.5 Å². The molecule has 3 nitrogen and oxygen atoms in total. The molecule has 2 rings (SSSR count). The molecular formula is C21H24ClF3O3. The molecule has 7 heteroatoms. The maximum Gasteiger partial charge on any atom is 0.417 e. The number of aliphatic hydroxyl groups excluding tert-OH is 1. The first-order valence-electron chi connectivity index (χ1n) is 8.92. The summed E-state index contributed by atoms with van der Waals surface area (Å²) in [5.74, 6) is 1.60. The Morgan fingerprint density at radius 1 is 0.893 bits per heavy atom. The summed E-state index contributed by atoms with van der Waals surface area (Å²) in [4.78, 5) is 0. The van der Waals surface area contributed by atoms with E-state index in [9.17, 15) is 13.2 Å². The van der Waals surface area contributed by atoms with E-state index >= 15 is 0 Å². The van der Waals surface area contributed by atoms with E-state index in [0.717, 1.165) is 23.3 Å². The Kier molecular flexibility index (Phi) is 7.61. The first-order valence-corrected chi connectivity index (χ1v) is 9.45. The van der Waals surface area contributed by atoms with Gasteiger partial charge < -0.3 is 14.6 Å². The highest BCUT2D eigenvalue weighted by Gasteiger charge is 2.38. The van der Waals surface area contributed by atoms with Gasteiger partial charge in [-0.3, -0.25) is 0 Å². The van der Waals surface area contributed by atoms with Crippen LogP contribution in [0.3, 0.4) is 0 Å². The second-order valence-corrected chi connectivity index (χ2v) is 7.31. The van der Waals surface area contributed by atoms with Crippen molar-refractivity contribution >= 4 is 11.6 Å². The van der Waals surface area contributed by atoms with Gasteiger partial charge in [-0.15, -0.1) is 11.6 Å². The number of rotatable bonds is 9. The average Bonchev–Trinajstić information content (AvgIpc) is 2.66. The van der Waals surface area contributed by atoms with E-state index in [0.29, 0.717) is 12.5 Å². The first-order chi connectivity index (χ1) is 13.1. The van der Waals surface area contributed by atoms with Crippen LogP contribution in [0.4, 0.5) is 13.2 Å². The summed E-state index contributed by atoms with van der Waals surface area (Å²) in [5, 5.41) is 9.00. The lowest BCUT2D eigenvalue weighted by atomic mass is 9.78. The van der Waals surface area contributed by atoms with E-state index in [1.54, 1.807) is 24.3 Å². The van der Waals surface area contributed by atoms with Crippen LogP contribution < -0.4 is 9.47 Å². The summed E-state index contributed by atoms with van der Waals surface area (Å²) < 4.78 is 47.6. The Balaban J connectivity index is 2.03. The molecule has 2 aromatic carbocycles. The van der Waals surface area contributed by atoms with E-state index in [-0.39, 0.29) is 11.2 Å². The number of ether oxygens (including phenoxy) is 2. The predicted molar refractivity (Wildman–Crippen MR) is 103 cm³/mol.